The number of carbonyl (C=O) groups excluding carboxylic acids is 2. The zero-order chi connectivity index (χ0) is 20.9. The summed E-state index contributed by atoms with van der Waals surface area (Å²) in [6.45, 7) is 3.78. The van der Waals surface area contributed by atoms with Crippen LogP contribution in [0.5, 0.6) is 5.75 Å². The van der Waals surface area contributed by atoms with Gasteiger partial charge < -0.3 is 15.0 Å². The summed E-state index contributed by atoms with van der Waals surface area (Å²) in [4.78, 5) is 29.1. The number of rotatable bonds is 7. The maximum absolute atomic E-state index is 12.5. The second-order valence-corrected chi connectivity index (χ2v) is 8.13. The van der Waals surface area contributed by atoms with E-state index >= 15 is 0 Å². The van der Waals surface area contributed by atoms with Crippen LogP contribution < -0.4 is 10.1 Å². The number of nitrogens with zero attached hydrogens (tertiary/aromatic N) is 2. The van der Waals surface area contributed by atoms with Crippen LogP contribution in [0.4, 0.5) is 0 Å². The lowest BCUT2D eigenvalue weighted by atomic mass is 10.0. The minimum absolute atomic E-state index is 0.0204. The normalized spacial score (nSPS) is 18.9. The van der Waals surface area contributed by atoms with Crippen molar-refractivity contribution in [1.82, 2.24) is 15.1 Å². The van der Waals surface area contributed by atoms with E-state index in [0.717, 1.165) is 49.4 Å². The lowest BCUT2D eigenvalue weighted by Gasteiger charge is -2.33. The zero-order valence-electron chi connectivity index (χ0n) is 17.5. The van der Waals surface area contributed by atoms with Crippen LogP contribution in [-0.2, 0) is 17.9 Å². The Morgan fingerprint density at radius 3 is 2.90 bits per heavy atom. The van der Waals surface area contributed by atoms with Crippen molar-refractivity contribution >= 4 is 11.8 Å². The van der Waals surface area contributed by atoms with E-state index in [1.54, 1.807) is 12.0 Å². The Kier molecular flexibility index (Phi) is 6.33. The highest BCUT2D eigenvalue weighted by Crippen LogP contribution is 2.22. The van der Waals surface area contributed by atoms with Gasteiger partial charge in [-0.05, 0) is 48.7 Å². The molecule has 6 nitrogen and oxygen atoms in total. The van der Waals surface area contributed by atoms with E-state index in [-0.39, 0.29) is 17.9 Å². The number of hydrogen-bond acceptors (Lipinski definition) is 4. The van der Waals surface area contributed by atoms with Crippen molar-refractivity contribution in [1.29, 1.82) is 0 Å². The van der Waals surface area contributed by atoms with Crippen LogP contribution in [-0.4, -0.2) is 54.4 Å². The fourth-order valence-corrected chi connectivity index (χ4v) is 4.38. The van der Waals surface area contributed by atoms with Crippen molar-refractivity contribution in [3.05, 3.63) is 65.2 Å². The minimum atomic E-state index is 0.0204. The number of methoxy groups -OCH3 is 1. The second kappa shape index (κ2) is 9.30. The van der Waals surface area contributed by atoms with Gasteiger partial charge in [-0.15, -0.1) is 0 Å². The van der Waals surface area contributed by atoms with Gasteiger partial charge in [-0.1, -0.05) is 30.3 Å². The van der Waals surface area contributed by atoms with Gasteiger partial charge in [-0.2, -0.15) is 0 Å². The van der Waals surface area contributed by atoms with Crippen LogP contribution in [0.25, 0.3) is 0 Å². The number of amides is 2. The largest absolute Gasteiger partial charge is 0.497 e. The van der Waals surface area contributed by atoms with Crippen molar-refractivity contribution in [2.45, 2.75) is 38.4 Å². The first-order chi connectivity index (χ1) is 14.6. The van der Waals surface area contributed by atoms with Crippen molar-refractivity contribution in [3.63, 3.8) is 0 Å². The van der Waals surface area contributed by atoms with Gasteiger partial charge in [0.05, 0.1) is 7.11 Å². The van der Waals surface area contributed by atoms with E-state index in [9.17, 15) is 9.59 Å². The average Bonchev–Trinajstić information content (AvgIpc) is 3.08. The molecule has 30 heavy (non-hydrogen) atoms. The molecular weight excluding hydrogens is 378 g/mol. The van der Waals surface area contributed by atoms with E-state index in [2.05, 4.69) is 22.3 Å². The fraction of sp³-hybridized carbons (Fsp3) is 0.417. The van der Waals surface area contributed by atoms with Crippen LogP contribution in [0.1, 0.15) is 40.7 Å². The maximum atomic E-state index is 12.5. The van der Waals surface area contributed by atoms with Crippen molar-refractivity contribution < 1.29 is 14.3 Å². The zero-order valence-corrected chi connectivity index (χ0v) is 17.5. The molecule has 2 amide bonds. The highest BCUT2D eigenvalue weighted by Gasteiger charge is 2.27. The highest BCUT2D eigenvalue weighted by molar-refractivity contribution is 5.98. The predicted molar refractivity (Wildman–Crippen MR) is 115 cm³/mol. The smallest absolute Gasteiger partial charge is 0.254 e. The summed E-state index contributed by atoms with van der Waals surface area (Å²) in [5.41, 5.74) is 3.02. The van der Waals surface area contributed by atoms with Gasteiger partial charge in [0.2, 0.25) is 5.91 Å². The monoisotopic (exact) mass is 407 g/mol. The molecule has 0 spiro atoms. The van der Waals surface area contributed by atoms with E-state index in [1.807, 2.05) is 36.4 Å². The Morgan fingerprint density at radius 2 is 2.07 bits per heavy atom. The van der Waals surface area contributed by atoms with Crippen molar-refractivity contribution in [3.8, 4) is 5.75 Å². The van der Waals surface area contributed by atoms with Crippen molar-refractivity contribution in [2.24, 2.45) is 0 Å². The molecule has 0 aliphatic carbocycles. The molecule has 158 valence electrons. The molecule has 2 heterocycles. The Balaban J connectivity index is 1.24. The first kappa shape index (κ1) is 20.4. The van der Waals surface area contributed by atoms with E-state index in [0.29, 0.717) is 19.5 Å². The molecule has 2 aliphatic heterocycles. The predicted octanol–water partition coefficient (Wildman–Crippen LogP) is 2.82. The first-order valence-corrected chi connectivity index (χ1v) is 10.6. The number of benzene rings is 2. The van der Waals surface area contributed by atoms with E-state index in [1.165, 1.54) is 5.56 Å². The van der Waals surface area contributed by atoms with Gasteiger partial charge in [0.1, 0.15) is 5.75 Å². The molecular formula is C24H29N3O3. The van der Waals surface area contributed by atoms with Gasteiger partial charge >= 0.3 is 0 Å². The van der Waals surface area contributed by atoms with Gasteiger partial charge in [0, 0.05) is 44.2 Å². The third kappa shape index (κ3) is 4.82. The summed E-state index contributed by atoms with van der Waals surface area (Å²) in [5.74, 6) is 0.917. The lowest BCUT2D eigenvalue weighted by Crippen LogP contribution is -2.47. The molecule has 0 bridgehead atoms. The summed E-state index contributed by atoms with van der Waals surface area (Å²) < 4.78 is 5.31. The van der Waals surface area contributed by atoms with Crippen LogP contribution in [0, 0.1) is 0 Å². The van der Waals surface area contributed by atoms with Gasteiger partial charge in [-0.25, -0.2) is 0 Å². The number of hydrogen-bond donors (Lipinski definition) is 1. The number of nitrogens with one attached hydrogen (secondary N) is 1. The number of carbonyl (C=O) groups is 2. The molecule has 0 radical (unpaired) electrons. The molecule has 4 rings (SSSR count). The summed E-state index contributed by atoms with van der Waals surface area (Å²) >= 11 is 0. The number of likely N-dealkylation sites (tertiary alicyclic amines) is 1. The third-order valence-corrected chi connectivity index (χ3v) is 5.92. The maximum Gasteiger partial charge on any atom is 0.254 e. The van der Waals surface area contributed by atoms with Gasteiger partial charge in [0.25, 0.3) is 5.91 Å². The Labute approximate surface area is 177 Å². The van der Waals surface area contributed by atoms with Gasteiger partial charge in [0.15, 0.2) is 0 Å². The summed E-state index contributed by atoms with van der Waals surface area (Å²) in [6.07, 6.45) is 2.40. The van der Waals surface area contributed by atoms with Crippen LogP contribution >= 0.6 is 0 Å². The molecule has 2 aromatic rings. The third-order valence-electron chi connectivity index (χ3n) is 5.92. The standard InChI is InChI=1S/C24H29N3O3/c1-30-21-9-4-6-18(14-21)15-26-12-5-8-20(17-26)25-23(28)11-13-27-16-19-7-2-3-10-22(19)24(27)29/h2-4,6-7,9-10,14,20H,5,8,11-13,15-17H2,1H3,(H,25,28)/t20-/m0/s1. The van der Waals surface area contributed by atoms with Crippen LogP contribution in [0.3, 0.4) is 0 Å². The average molecular weight is 408 g/mol. The number of fused-ring (bicyclic) bond motifs is 1. The molecule has 0 unspecified atom stereocenters. The first-order valence-electron chi connectivity index (χ1n) is 10.6. The SMILES string of the molecule is COc1cccc(CN2CCC[C@H](NC(=O)CCN3Cc4ccccc4C3=O)C2)c1. The van der Waals surface area contributed by atoms with Gasteiger partial charge in [-0.3, -0.25) is 14.5 Å². The fourth-order valence-electron chi connectivity index (χ4n) is 4.38. The van der Waals surface area contributed by atoms with Crippen LogP contribution in [0.15, 0.2) is 48.5 Å². The Morgan fingerprint density at radius 1 is 1.20 bits per heavy atom. The summed E-state index contributed by atoms with van der Waals surface area (Å²) in [5, 5.41) is 3.17. The molecule has 2 aliphatic rings. The summed E-state index contributed by atoms with van der Waals surface area (Å²) in [6, 6.07) is 16.0. The van der Waals surface area contributed by atoms with Crippen LogP contribution in [0.2, 0.25) is 0 Å². The number of ether oxygens (including phenoxy) is 1. The molecule has 0 saturated carbocycles. The minimum Gasteiger partial charge on any atom is -0.497 e. The Bertz CT molecular complexity index is 914. The van der Waals surface area contributed by atoms with Crippen molar-refractivity contribution in [2.75, 3.05) is 26.7 Å². The topological polar surface area (TPSA) is 61.9 Å². The van der Waals surface area contributed by atoms with E-state index < -0.39 is 0 Å². The summed E-state index contributed by atoms with van der Waals surface area (Å²) in [7, 11) is 1.68. The Hall–Kier alpha value is -2.86. The molecule has 0 aromatic heterocycles. The molecule has 1 saturated heterocycles. The quantitative estimate of drug-likeness (QED) is 0.767. The lowest BCUT2D eigenvalue weighted by molar-refractivity contribution is -0.122. The molecule has 1 N–H and O–H groups in total. The highest BCUT2D eigenvalue weighted by atomic mass is 16.5. The second-order valence-electron chi connectivity index (χ2n) is 8.13. The van der Waals surface area contributed by atoms with E-state index in [4.69, 9.17) is 4.74 Å². The molecule has 1 atom stereocenters. The number of piperidine rings is 1. The molecule has 1 fully saturated rings. The molecule has 2 aromatic carbocycles. The molecule has 6 heteroatoms.